The monoisotopic (exact) mass is 607 g/mol. The molecular formula is C27H31ClFN5O6S. The normalized spacial score (nSPS) is 16.6. The lowest BCUT2D eigenvalue weighted by atomic mass is 9.94. The minimum atomic E-state index is -3.54. The molecule has 11 nitrogen and oxygen atoms in total. The van der Waals surface area contributed by atoms with Gasteiger partial charge in [0, 0.05) is 44.7 Å². The fourth-order valence-electron chi connectivity index (χ4n) is 5.20. The van der Waals surface area contributed by atoms with Crippen LogP contribution in [0.4, 0.5) is 10.2 Å². The maximum absolute atomic E-state index is 15.7. The van der Waals surface area contributed by atoms with Gasteiger partial charge in [-0.1, -0.05) is 11.6 Å². The number of anilines is 1. The van der Waals surface area contributed by atoms with Crippen LogP contribution in [-0.2, 0) is 38.9 Å². The summed E-state index contributed by atoms with van der Waals surface area (Å²) in [6, 6.07) is 6.76. The number of rotatable bonds is 10. The molecule has 0 aliphatic carbocycles. The predicted octanol–water partition coefficient (Wildman–Crippen LogP) is 3.36. The summed E-state index contributed by atoms with van der Waals surface area (Å²) in [5, 5.41) is -0.108. The number of fused-ring (bicyclic) bond motifs is 3. The number of hydrogen-bond acceptors (Lipinski definition) is 8. The first-order chi connectivity index (χ1) is 19.6. The maximum Gasteiger partial charge on any atom is 0.261 e. The van der Waals surface area contributed by atoms with Crippen molar-refractivity contribution in [1.29, 1.82) is 0 Å². The first-order valence-corrected chi connectivity index (χ1v) is 15.5. The Morgan fingerprint density at radius 2 is 1.95 bits per heavy atom. The summed E-state index contributed by atoms with van der Waals surface area (Å²) in [5.41, 5.74) is 2.03. The van der Waals surface area contributed by atoms with Crippen LogP contribution in [0, 0.1) is 5.82 Å². The van der Waals surface area contributed by atoms with Crippen LogP contribution >= 0.6 is 11.6 Å². The van der Waals surface area contributed by atoms with Gasteiger partial charge >= 0.3 is 0 Å². The van der Waals surface area contributed by atoms with E-state index < -0.39 is 21.9 Å². The Kier molecular flexibility index (Phi) is 8.66. The molecule has 0 fully saturated rings. The molecule has 0 radical (unpaired) electrons. The molecule has 4 heterocycles. The number of amides is 1. The molecule has 0 saturated heterocycles. The van der Waals surface area contributed by atoms with Gasteiger partial charge in [-0.2, -0.15) is 0 Å². The van der Waals surface area contributed by atoms with Crippen molar-refractivity contribution in [3.05, 3.63) is 64.1 Å². The van der Waals surface area contributed by atoms with Gasteiger partial charge in [-0.3, -0.25) is 9.52 Å². The largest absolute Gasteiger partial charge is 0.491 e. The number of pyridine rings is 1. The number of aromatic nitrogens is 3. The fraction of sp³-hybridized carbons (Fsp3) is 0.444. The quantitative estimate of drug-likeness (QED) is 0.275. The van der Waals surface area contributed by atoms with Crippen molar-refractivity contribution in [3.63, 3.8) is 0 Å². The van der Waals surface area contributed by atoms with E-state index in [-0.39, 0.29) is 35.8 Å². The minimum Gasteiger partial charge on any atom is -0.491 e. The molecule has 1 aromatic carbocycles. The molecule has 1 amide bonds. The molecule has 0 bridgehead atoms. The number of sulfonamides is 1. The zero-order valence-electron chi connectivity index (χ0n) is 22.7. The highest BCUT2D eigenvalue weighted by atomic mass is 35.5. The SMILES string of the molecule is COCCOc1ccc(C2c3c(nc4n3CCCC4)CCN2C(=O)COc2ccc(NS(C)(=O)=O)nc2Cl)c(F)c1. The topological polar surface area (TPSA) is 125 Å². The zero-order chi connectivity index (χ0) is 29.1. The Bertz CT molecular complexity index is 1550. The number of methoxy groups -OCH3 is 1. The maximum atomic E-state index is 15.7. The third-order valence-corrected chi connectivity index (χ3v) is 7.80. The van der Waals surface area contributed by atoms with Crippen molar-refractivity contribution >= 4 is 33.3 Å². The van der Waals surface area contributed by atoms with Crippen LogP contribution in [0.1, 0.15) is 41.7 Å². The minimum absolute atomic E-state index is 0.0235. The molecule has 5 rings (SSSR count). The molecule has 3 aromatic rings. The Hall–Kier alpha value is -3.42. The first-order valence-electron chi connectivity index (χ1n) is 13.2. The van der Waals surface area contributed by atoms with Gasteiger partial charge in [0.05, 0.1) is 24.3 Å². The van der Waals surface area contributed by atoms with Crippen molar-refractivity contribution in [1.82, 2.24) is 19.4 Å². The van der Waals surface area contributed by atoms with Crippen molar-refractivity contribution < 1.29 is 31.8 Å². The van der Waals surface area contributed by atoms with Crippen molar-refractivity contribution in [3.8, 4) is 11.5 Å². The van der Waals surface area contributed by atoms with Gasteiger partial charge in [-0.25, -0.2) is 22.8 Å². The van der Waals surface area contributed by atoms with Gasteiger partial charge in [0.15, 0.2) is 17.5 Å². The van der Waals surface area contributed by atoms with Crippen LogP contribution < -0.4 is 14.2 Å². The second kappa shape index (κ2) is 12.2. The smallest absolute Gasteiger partial charge is 0.261 e. The number of aryl methyl sites for hydroxylation is 1. The van der Waals surface area contributed by atoms with E-state index in [9.17, 15) is 13.2 Å². The van der Waals surface area contributed by atoms with Crippen LogP contribution in [0.5, 0.6) is 11.5 Å². The van der Waals surface area contributed by atoms with Crippen molar-refractivity contribution in [2.45, 2.75) is 38.3 Å². The third-order valence-electron chi connectivity index (χ3n) is 6.95. The fourth-order valence-corrected chi connectivity index (χ4v) is 5.90. The number of carbonyl (C=O) groups is 1. The second-order valence-corrected chi connectivity index (χ2v) is 12.0. The lowest BCUT2D eigenvalue weighted by Crippen LogP contribution is -2.44. The Balaban J connectivity index is 1.42. The first kappa shape index (κ1) is 29.1. The lowest BCUT2D eigenvalue weighted by Gasteiger charge is -2.37. The van der Waals surface area contributed by atoms with Crippen LogP contribution in [-0.4, -0.2) is 73.5 Å². The molecule has 0 spiro atoms. The summed E-state index contributed by atoms with van der Waals surface area (Å²) in [7, 11) is -1.98. The molecule has 1 N–H and O–H groups in total. The number of benzene rings is 1. The van der Waals surface area contributed by atoms with Gasteiger partial charge in [-0.05, 0) is 37.1 Å². The molecule has 41 heavy (non-hydrogen) atoms. The average Bonchev–Trinajstić information content (AvgIpc) is 3.30. The number of hydrogen-bond donors (Lipinski definition) is 1. The molecule has 2 aromatic heterocycles. The lowest BCUT2D eigenvalue weighted by molar-refractivity contribution is -0.135. The number of nitrogens with zero attached hydrogens (tertiary/aromatic N) is 4. The second-order valence-electron chi connectivity index (χ2n) is 9.88. The number of halogens is 2. The predicted molar refractivity (Wildman–Crippen MR) is 149 cm³/mol. The molecule has 14 heteroatoms. The summed E-state index contributed by atoms with van der Waals surface area (Å²) in [6.45, 7) is 1.35. The Morgan fingerprint density at radius 3 is 2.68 bits per heavy atom. The summed E-state index contributed by atoms with van der Waals surface area (Å²) >= 11 is 6.19. The molecule has 220 valence electrons. The average molecular weight is 608 g/mol. The van der Waals surface area contributed by atoms with Gasteiger partial charge < -0.3 is 23.7 Å². The van der Waals surface area contributed by atoms with E-state index in [0.29, 0.717) is 30.9 Å². The highest BCUT2D eigenvalue weighted by Gasteiger charge is 2.38. The van der Waals surface area contributed by atoms with Crippen LogP contribution in [0.25, 0.3) is 0 Å². The Morgan fingerprint density at radius 1 is 1.12 bits per heavy atom. The van der Waals surface area contributed by atoms with Crippen LogP contribution in [0.2, 0.25) is 5.15 Å². The third kappa shape index (κ3) is 6.57. The summed E-state index contributed by atoms with van der Waals surface area (Å²) in [4.78, 5) is 24.1. The van der Waals surface area contributed by atoms with Gasteiger partial charge in [0.25, 0.3) is 5.91 Å². The van der Waals surface area contributed by atoms with E-state index in [1.807, 2.05) is 0 Å². The van der Waals surface area contributed by atoms with E-state index in [4.69, 9.17) is 30.8 Å². The van der Waals surface area contributed by atoms with E-state index in [1.165, 1.54) is 18.2 Å². The highest BCUT2D eigenvalue weighted by Crippen LogP contribution is 2.39. The van der Waals surface area contributed by atoms with Crippen LogP contribution in [0.3, 0.4) is 0 Å². The van der Waals surface area contributed by atoms with Gasteiger partial charge in [0.2, 0.25) is 10.0 Å². The highest BCUT2D eigenvalue weighted by molar-refractivity contribution is 7.92. The molecule has 2 aliphatic rings. The molecule has 0 saturated carbocycles. The van der Waals surface area contributed by atoms with Crippen molar-refractivity contribution in [2.75, 3.05) is 44.5 Å². The Labute approximate surface area is 242 Å². The summed E-state index contributed by atoms with van der Waals surface area (Å²) in [5.74, 6) is 0.587. The van der Waals surface area contributed by atoms with Gasteiger partial charge in [0.1, 0.15) is 35.9 Å². The van der Waals surface area contributed by atoms with E-state index >= 15 is 4.39 Å². The van der Waals surface area contributed by atoms with Gasteiger partial charge in [-0.15, -0.1) is 0 Å². The number of imidazole rings is 1. The van der Waals surface area contributed by atoms with Crippen molar-refractivity contribution in [2.24, 2.45) is 0 Å². The summed E-state index contributed by atoms with van der Waals surface area (Å²) in [6.07, 6.45) is 4.37. The zero-order valence-corrected chi connectivity index (χ0v) is 24.3. The number of carbonyl (C=O) groups excluding carboxylic acids is 1. The van der Waals surface area contributed by atoms with E-state index in [1.54, 1.807) is 24.1 Å². The number of nitrogens with one attached hydrogen (secondary N) is 1. The molecule has 1 atom stereocenters. The van der Waals surface area contributed by atoms with Crippen LogP contribution in [0.15, 0.2) is 30.3 Å². The van der Waals surface area contributed by atoms with E-state index in [0.717, 1.165) is 49.3 Å². The standard InChI is InChI=1S/C27H31ClFN5O6S/c1-38-13-14-39-17-6-7-18(19(29)15-17)25-26-20(30-23-5-3-4-11-33(23)26)10-12-34(25)24(35)16-40-21-8-9-22(31-27(21)28)32-41(2,36)37/h6-9,15,25H,3-5,10-14,16H2,1-2H3,(H,31,32). The van der Waals surface area contributed by atoms with E-state index in [2.05, 4.69) is 14.3 Å². The molecule has 2 aliphatic heterocycles. The number of ether oxygens (including phenoxy) is 3. The summed E-state index contributed by atoms with van der Waals surface area (Å²) < 4.78 is 59.3. The molecular weight excluding hydrogens is 577 g/mol. The molecule has 1 unspecified atom stereocenters.